The SMILES string of the molecule is O=C1OCC2OC(OC(=O)c3cc(O)c(O)c(O)c3)C(OC(=O)c3cc(O)c(O)c(O)c3)C(O)C2OC(=O)c2cc(O)c(O)c(O)c2C2=C1C=C(O)C(O)C2O. The highest BCUT2D eigenvalue weighted by Crippen LogP contribution is 2.47. The van der Waals surface area contributed by atoms with Crippen molar-refractivity contribution in [1.29, 1.82) is 0 Å². The molecule has 13 N–H and O–H groups in total. The summed E-state index contributed by atoms with van der Waals surface area (Å²) in [5.41, 5.74) is -4.89. The molecule has 56 heavy (non-hydrogen) atoms. The van der Waals surface area contributed by atoms with Crippen molar-refractivity contribution in [2.75, 3.05) is 6.61 Å². The van der Waals surface area contributed by atoms with Gasteiger partial charge >= 0.3 is 23.9 Å². The monoisotopic (exact) mass is 788 g/mol. The molecule has 7 atom stereocenters. The Morgan fingerprint density at radius 3 is 1.71 bits per heavy atom. The number of hydrogen-bond acceptors (Lipinski definition) is 22. The van der Waals surface area contributed by atoms with Crippen LogP contribution in [0.2, 0.25) is 0 Å². The third kappa shape index (κ3) is 6.64. The molecule has 0 saturated carbocycles. The number of cyclic esters (lactones) is 1. The molecule has 2 aliphatic heterocycles. The average molecular weight is 789 g/mol. The number of fused-ring (bicyclic) bond motifs is 3. The van der Waals surface area contributed by atoms with Crippen LogP contribution in [0.4, 0.5) is 0 Å². The third-order valence-electron chi connectivity index (χ3n) is 8.76. The Bertz CT molecular complexity index is 2190. The van der Waals surface area contributed by atoms with Crippen molar-refractivity contribution in [1.82, 2.24) is 0 Å². The molecule has 22 heteroatoms. The largest absolute Gasteiger partial charge is 0.509 e. The molecule has 0 spiro atoms. The lowest BCUT2D eigenvalue weighted by Gasteiger charge is -2.42. The van der Waals surface area contributed by atoms with Crippen molar-refractivity contribution in [3.05, 3.63) is 70.0 Å². The lowest BCUT2D eigenvalue weighted by molar-refractivity contribution is -0.284. The van der Waals surface area contributed by atoms with Gasteiger partial charge in [-0.1, -0.05) is 0 Å². The number of aromatic hydroxyl groups is 9. The fourth-order valence-corrected chi connectivity index (χ4v) is 5.95. The van der Waals surface area contributed by atoms with Gasteiger partial charge in [0.25, 0.3) is 0 Å². The molecule has 1 aliphatic carbocycles. The molecule has 6 rings (SSSR count). The van der Waals surface area contributed by atoms with Gasteiger partial charge < -0.3 is 90.1 Å². The molecule has 2 heterocycles. The number of aliphatic hydroxyl groups is 4. The van der Waals surface area contributed by atoms with Crippen LogP contribution in [-0.2, 0) is 28.5 Å². The Labute approximate surface area is 310 Å². The maximum atomic E-state index is 13.9. The first-order chi connectivity index (χ1) is 26.3. The van der Waals surface area contributed by atoms with E-state index in [-0.39, 0.29) is 0 Å². The minimum Gasteiger partial charge on any atom is -0.509 e. The Morgan fingerprint density at radius 2 is 1.16 bits per heavy atom. The van der Waals surface area contributed by atoms with Gasteiger partial charge in [0, 0.05) is 11.1 Å². The predicted octanol–water partition coefficient (Wildman–Crippen LogP) is -0.782. The van der Waals surface area contributed by atoms with E-state index in [4.69, 9.17) is 23.7 Å². The number of carbonyl (C=O) groups is 4. The van der Waals surface area contributed by atoms with Crippen molar-refractivity contribution in [3.8, 4) is 51.7 Å². The molecular formula is C34H28O22. The number of rotatable bonds is 4. The summed E-state index contributed by atoms with van der Waals surface area (Å²) in [6.45, 7) is -1.08. The third-order valence-corrected chi connectivity index (χ3v) is 8.76. The van der Waals surface area contributed by atoms with Gasteiger partial charge in [-0.25, -0.2) is 19.2 Å². The highest BCUT2D eigenvalue weighted by molar-refractivity contribution is 6.07. The molecule has 296 valence electrons. The maximum Gasteiger partial charge on any atom is 0.340 e. The molecule has 3 aliphatic rings. The Kier molecular flexibility index (Phi) is 9.82. The van der Waals surface area contributed by atoms with Crippen LogP contribution in [0.5, 0.6) is 51.7 Å². The van der Waals surface area contributed by atoms with Gasteiger partial charge in [0.2, 0.25) is 12.0 Å². The van der Waals surface area contributed by atoms with E-state index in [9.17, 15) is 85.6 Å². The summed E-state index contributed by atoms with van der Waals surface area (Å²) in [7, 11) is 0. The Morgan fingerprint density at radius 1 is 0.643 bits per heavy atom. The number of benzene rings is 3. The van der Waals surface area contributed by atoms with Gasteiger partial charge in [0.15, 0.2) is 58.2 Å². The van der Waals surface area contributed by atoms with E-state index in [0.717, 1.165) is 0 Å². The molecule has 3 aromatic carbocycles. The lowest BCUT2D eigenvalue weighted by atomic mass is 9.84. The molecule has 0 radical (unpaired) electrons. The molecule has 7 unspecified atom stereocenters. The van der Waals surface area contributed by atoms with Crippen molar-refractivity contribution in [2.45, 2.75) is 42.9 Å². The van der Waals surface area contributed by atoms with Gasteiger partial charge in [0.1, 0.15) is 36.8 Å². The fraction of sp³-hybridized carbons (Fsp3) is 0.235. The first-order valence-corrected chi connectivity index (χ1v) is 15.7. The normalized spacial score (nSPS) is 24.9. The lowest BCUT2D eigenvalue weighted by Crippen LogP contribution is -2.62. The number of carbonyl (C=O) groups excluding carboxylic acids is 4. The molecule has 0 bridgehead atoms. The van der Waals surface area contributed by atoms with Crippen molar-refractivity contribution in [3.63, 3.8) is 0 Å². The minimum absolute atomic E-state index is 0.497. The fourth-order valence-electron chi connectivity index (χ4n) is 5.95. The van der Waals surface area contributed by atoms with Gasteiger partial charge in [-0.15, -0.1) is 0 Å². The van der Waals surface area contributed by atoms with E-state index in [1.165, 1.54) is 0 Å². The molecule has 0 amide bonds. The van der Waals surface area contributed by atoms with E-state index >= 15 is 0 Å². The first kappa shape index (κ1) is 38.6. The van der Waals surface area contributed by atoms with E-state index in [2.05, 4.69) is 0 Å². The standard InChI is InChI=1S/C34H28O22/c35-12-1-8(2-13(36)21(12)41)30(48)55-29-27(47)28-18(53-34(29)56-31(49)9-3-14(37)22(42)15(38)4-9)7-52-32(50)10-5-16(39)23(43)25(45)19(10)20-11(33(51)54-28)6-17(40)24(44)26(20)46/h1-6,18,23,25,27-29,34-47H,7H2. The Balaban J connectivity index is 1.45. The number of esters is 4. The van der Waals surface area contributed by atoms with Crippen LogP contribution in [0.1, 0.15) is 36.6 Å². The van der Waals surface area contributed by atoms with Crippen LogP contribution in [0.15, 0.2) is 47.7 Å². The van der Waals surface area contributed by atoms with Crippen molar-refractivity contribution >= 4 is 29.5 Å². The molecule has 22 nitrogen and oxygen atoms in total. The quantitative estimate of drug-likeness (QED) is 0.0875. The summed E-state index contributed by atoms with van der Waals surface area (Å²) >= 11 is 0. The van der Waals surface area contributed by atoms with E-state index < -0.39 is 164 Å². The number of hydrogen-bond donors (Lipinski definition) is 13. The highest BCUT2D eigenvalue weighted by atomic mass is 16.7. The number of phenols is 9. The van der Waals surface area contributed by atoms with Gasteiger partial charge in [-0.2, -0.15) is 0 Å². The van der Waals surface area contributed by atoms with Crippen molar-refractivity contribution in [2.24, 2.45) is 0 Å². The zero-order chi connectivity index (χ0) is 41.1. The zero-order valence-electron chi connectivity index (χ0n) is 27.7. The zero-order valence-corrected chi connectivity index (χ0v) is 27.7. The van der Waals surface area contributed by atoms with Crippen LogP contribution in [0.3, 0.4) is 0 Å². The van der Waals surface area contributed by atoms with E-state index in [0.29, 0.717) is 36.4 Å². The minimum atomic E-state index is -2.40. The first-order valence-electron chi connectivity index (χ1n) is 15.7. The van der Waals surface area contributed by atoms with Gasteiger partial charge in [-0.05, 0) is 36.4 Å². The summed E-state index contributed by atoms with van der Waals surface area (Å²) in [5, 5.41) is 134. The predicted molar refractivity (Wildman–Crippen MR) is 173 cm³/mol. The van der Waals surface area contributed by atoms with Crippen LogP contribution in [-0.4, -0.2) is 140 Å². The summed E-state index contributed by atoms with van der Waals surface area (Å²) < 4.78 is 27.0. The van der Waals surface area contributed by atoms with Gasteiger partial charge in [-0.3, -0.25) is 0 Å². The molecule has 1 saturated heterocycles. The second kappa shape index (κ2) is 14.3. The van der Waals surface area contributed by atoms with E-state index in [1.807, 2.05) is 0 Å². The number of phenolic OH excluding ortho intramolecular Hbond substituents is 9. The summed E-state index contributed by atoms with van der Waals surface area (Å²) in [6, 6.07) is 2.98. The Hall–Kier alpha value is -7.14. The molecule has 3 aromatic rings. The van der Waals surface area contributed by atoms with Crippen LogP contribution in [0.25, 0.3) is 5.57 Å². The summed E-state index contributed by atoms with van der Waals surface area (Å²) in [6.07, 6.45) is -15.0. The molecule has 0 aromatic heterocycles. The maximum absolute atomic E-state index is 13.9. The average Bonchev–Trinajstić information content (AvgIpc) is 3.16. The van der Waals surface area contributed by atoms with Crippen LogP contribution in [0, 0.1) is 0 Å². The van der Waals surface area contributed by atoms with Crippen LogP contribution < -0.4 is 0 Å². The number of aliphatic hydroxyl groups excluding tert-OH is 4. The summed E-state index contributed by atoms with van der Waals surface area (Å²) in [4.78, 5) is 53.9. The second-order valence-electron chi connectivity index (χ2n) is 12.3. The molecule has 1 fully saturated rings. The smallest absolute Gasteiger partial charge is 0.340 e. The topological polar surface area (TPSA) is 377 Å². The number of ether oxygens (including phenoxy) is 5. The highest BCUT2D eigenvalue weighted by Gasteiger charge is 2.53. The second-order valence-corrected chi connectivity index (χ2v) is 12.3. The van der Waals surface area contributed by atoms with Gasteiger partial charge in [0.05, 0.1) is 22.3 Å². The molecular weight excluding hydrogens is 760 g/mol. The van der Waals surface area contributed by atoms with Crippen LogP contribution >= 0.6 is 0 Å². The van der Waals surface area contributed by atoms with E-state index in [1.54, 1.807) is 0 Å². The summed E-state index contributed by atoms with van der Waals surface area (Å²) in [5.74, 6) is -17.0. The van der Waals surface area contributed by atoms with Crippen molar-refractivity contribution < 1.29 is 109 Å².